The lowest BCUT2D eigenvalue weighted by molar-refractivity contribution is 0.0524. The van der Waals surface area contributed by atoms with E-state index in [0.29, 0.717) is 16.9 Å². The molecule has 5 heteroatoms. The molecule has 1 aliphatic rings. The summed E-state index contributed by atoms with van der Waals surface area (Å²) in [6.07, 6.45) is 1.29. The number of imide groups is 1. The van der Waals surface area contributed by atoms with Gasteiger partial charge in [0.25, 0.3) is 11.8 Å². The third-order valence-corrected chi connectivity index (χ3v) is 4.30. The second-order valence-electron chi connectivity index (χ2n) is 5.70. The lowest BCUT2D eigenvalue weighted by Gasteiger charge is -2.16. The minimum Gasteiger partial charge on any atom is -0.472 e. The highest BCUT2D eigenvalue weighted by Crippen LogP contribution is 2.29. The molecule has 0 fully saturated rings. The maximum Gasteiger partial charge on any atom is 0.264 e. The first-order valence-corrected chi connectivity index (χ1v) is 7.81. The van der Waals surface area contributed by atoms with Crippen molar-refractivity contribution >= 4 is 28.8 Å². The van der Waals surface area contributed by atoms with E-state index in [4.69, 9.17) is 10.1 Å². The van der Waals surface area contributed by atoms with E-state index in [-0.39, 0.29) is 18.5 Å². The number of fused-ring (bicyclic) bond motifs is 2. The van der Waals surface area contributed by atoms with Gasteiger partial charge in [0.05, 0.1) is 11.1 Å². The molecule has 1 heterocycles. The molecule has 3 aromatic carbocycles. The van der Waals surface area contributed by atoms with Crippen molar-refractivity contribution in [3.63, 3.8) is 0 Å². The van der Waals surface area contributed by atoms with E-state index in [2.05, 4.69) is 0 Å². The predicted molar refractivity (Wildman–Crippen MR) is 94.3 cm³/mol. The number of carbonyl (C=O) groups is 2. The number of hydrogen-bond acceptors (Lipinski definition) is 4. The van der Waals surface area contributed by atoms with Crippen molar-refractivity contribution < 1.29 is 14.3 Å². The van der Waals surface area contributed by atoms with Crippen LogP contribution < -0.4 is 4.74 Å². The fraction of sp³-hybridized carbons (Fsp3) is 0.0500. The van der Waals surface area contributed by atoms with Crippen LogP contribution in [0.15, 0.2) is 60.7 Å². The normalized spacial score (nSPS) is 13.2. The van der Waals surface area contributed by atoms with Gasteiger partial charge in [0, 0.05) is 17.2 Å². The van der Waals surface area contributed by atoms with Gasteiger partial charge < -0.3 is 10.1 Å². The lowest BCUT2D eigenvalue weighted by Crippen LogP contribution is -2.33. The Labute approximate surface area is 144 Å². The van der Waals surface area contributed by atoms with Crippen LogP contribution in [0.3, 0.4) is 0 Å². The van der Waals surface area contributed by atoms with E-state index in [9.17, 15) is 9.59 Å². The standard InChI is InChI=1S/C20H14N2O3/c21-11-13-9-10-18(15-6-2-1-5-14(13)15)25-12-22-19(23)16-7-3-4-8-17(16)20(22)24/h1-11,21H,12H2. The molecule has 0 saturated carbocycles. The van der Waals surface area contributed by atoms with E-state index in [1.165, 1.54) is 6.21 Å². The van der Waals surface area contributed by atoms with Gasteiger partial charge in [0.1, 0.15) is 5.75 Å². The van der Waals surface area contributed by atoms with Crippen LogP contribution in [0.2, 0.25) is 0 Å². The Hall–Kier alpha value is -3.47. The third kappa shape index (κ3) is 2.37. The highest BCUT2D eigenvalue weighted by molar-refractivity contribution is 6.21. The van der Waals surface area contributed by atoms with Gasteiger partial charge in [-0.1, -0.05) is 36.4 Å². The van der Waals surface area contributed by atoms with Crippen molar-refractivity contribution in [3.05, 3.63) is 77.4 Å². The van der Waals surface area contributed by atoms with Gasteiger partial charge in [-0.25, -0.2) is 4.90 Å². The first-order valence-electron chi connectivity index (χ1n) is 7.81. The van der Waals surface area contributed by atoms with Gasteiger partial charge in [0.15, 0.2) is 6.73 Å². The molecule has 0 radical (unpaired) electrons. The Morgan fingerprint density at radius 1 is 0.840 bits per heavy atom. The molecule has 0 saturated heterocycles. The fourth-order valence-electron chi connectivity index (χ4n) is 3.04. The van der Waals surface area contributed by atoms with Crippen molar-refractivity contribution in [2.75, 3.05) is 6.73 Å². The monoisotopic (exact) mass is 330 g/mol. The molecule has 1 N–H and O–H groups in total. The quantitative estimate of drug-likeness (QED) is 0.588. The predicted octanol–water partition coefficient (Wildman–Crippen LogP) is 3.47. The molecule has 0 aliphatic carbocycles. The number of hydrogen-bond donors (Lipinski definition) is 1. The average Bonchev–Trinajstić information content (AvgIpc) is 2.91. The van der Waals surface area contributed by atoms with Crippen LogP contribution in [-0.2, 0) is 0 Å². The van der Waals surface area contributed by atoms with E-state index in [1.54, 1.807) is 36.4 Å². The lowest BCUT2D eigenvalue weighted by atomic mass is 10.0. The van der Waals surface area contributed by atoms with E-state index >= 15 is 0 Å². The molecule has 0 bridgehead atoms. The number of rotatable bonds is 4. The summed E-state index contributed by atoms with van der Waals surface area (Å²) in [5.74, 6) is -0.125. The van der Waals surface area contributed by atoms with E-state index in [1.807, 2.05) is 24.3 Å². The highest BCUT2D eigenvalue weighted by Gasteiger charge is 2.35. The van der Waals surface area contributed by atoms with Crippen LogP contribution in [0.4, 0.5) is 0 Å². The topological polar surface area (TPSA) is 70.5 Å². The zero-order valence-corrected chi connectivity index (χ0v) is 13.2. The van der Waals surface area contributed by atoms with Crippen LogP contribution in [0, 0.1) is 5.41 Å². The van der Waals surface area contributed by atoms with E-state index in [0.717, 1.165) is 21.2 Å². The van der Waals surface area contributed by atoms with Crippen LogP contribution in [-0.4, -0.2) is 29.7 Å². The number of nitrogens with one attached hydrogen (secondary N) is 1. The molecule has 1 aliphatic heterocycles. The van der Waals surface area contributed by atoms with Crippen LogP contribution in [0.5, 0.6) is 5.75 Å². The third-order valence-electron chi connectivity index (χ3n) is 4.30. The van der Waals surface area contributed by atoms with Gasteiger partial charge in [-0.2, -0.15) is 0 Å². The minimum atomic E-state index is -0.346. The second-order valence-corrected chi connectivity index (χ2v) is 5.70. The van der Waals surface area contributed by atoms with Gasteiger partial charge in [-0.15, -0.1) is 0 Å². The van der Waals surface area contributed by atoms with Crippen molar-refractivity contribution in [3.8, 4) is 5.75 Å². The Balaban J connectivity index is 1.63. The number of amides is 2. The van der Waals surface area contributed by atoms with Gasteiger partial charge >= 0.3 is 0 Å². The first kappa shape index (κ1) is 15.1. The fourth-order valence-corrected chi connectivity index (χ4v) is 3.04. The molecule has 25 heavy (non-hydrogen) atoms. The summed E-state index contributed by atoms with van der Waals surface area (Å²) in [7, 11) is 0. The minimum absolute atomic E-state index is 0.153. The number of benzene rings is 3. The summed E-state index contributed by atoms with van der Waals surface area (Å²) < 4.78 is 5.78. The summed E-state index contributed by atoms with van der Waals surface area (Å²) in [5, 5.41) is 9.22. The summed E-state index contributed by atoms with van der Waals surface area (Å²) in [4.78, 5) is 25.9. The Kier molecular flexibility index (Phi) is 3.54. The molecule has 0 aromatic heterocycles. The molecular weight excluding hydrogens is 316 g/mol. The molecule has 4 rings (SSSR count). The van der Waals surface area contributed by atoms with Crippen molar-refractivity contribution in [2.45, 2.75) is 0 Å². The largest absolute Gasteiger partial charge is 0.472 e. The first-order chi connectivity index (χ1) is 12.2. The molecule has 5 nitrogen and oxygen atoms in total. The van der Waals surface area contributed by atoms with Crippen molar-refractivity contribution in [1.82, 2.24) is 4.90 Å². The molecular formula is C20H14N2O3. The molecule has 3 aromatic rings. The average molecular weight is 330 g/mol. The van der Waals surface area contributed by atoms with Crippen LogP contribution in [0.25, 0.3) is 10.8 Å². The zero-order valence-electron chi connectivity index (χ0n) is 13.2. The van der Waals surface area contributed by atoms with Crippen molar-refractivity contribution in [1.29, 1.82) is 5.41 Å². The van der Waals surface area contributed by atoms with Gasteiger partial charge in [0.2, 0.25) is 0 Å². The van der Waals surface area contributed by atoms with Crippen LogP contribution >= 0.6 is 0 Å². The molecule has 0 unspecified atom stereocenters. The Morgan fingerprint density at radius 2 is 1.44 bits per heavy atom. The molecule has 2 amide bonds. The van der Waals surface area contributed by atoms with Crippen LogP contribution in [0.1, 0.15) is 26.3 Å². The zero-order chi connectivity index (χ0) is 17.4. The molecule has 122 valence electrons. The summed E-state index contributed by atoms with van der Waals surface area (Å²) >= 11 is 0. The van der Waals surface area contributed by atoms with Crippen molar-refractivity contribution in [2.24, 2.45) is 0 Å². The second kappa shape index (κ2) is 5.87. The summed E-state index contributed by atoms with van der Waals surface area (Å²) in [6, 6.07) is 17.9. The molecule has 0 spiro atoms. The maximum atomic E-state index is 12.4. The summed E-state index contributed by atoms with van der Waals surface area (Å²) in [6.45, 7) is -0.153. The SMILES string of the molecule is N=Cc1ccc(OCN2C(=O)c3ccccc3C2=O)c2ccccc12. The maximum absolute atomic E-state index is 12.4. The number of carbonyl (C=O) groups excluding carboxylic acids is 2. The smallest absolute Gasteiger partial charge is 0.264 e. The number of nitrogens with zero attached hydrogens (tertiary/aromatic N) is 1. The summed E-state index contributed by atoms with van der Waals surface area (Å²) in [5.41, 5.74) is 1.59. The van der Waals surface area contributed by atoms with Gasteiger partial charge in [-0.3, -0.25) is 9.59 Å². The highest BCUT2D eigenvalue weighted by atomic mass is 16.5. The number of ether oxygens (including phenoxy) is 1. The molecule has 0 atom stereocenters. The Morgan fingerprint density at radius 3 is 2.08 bits per heavy atom. The van der Waals surface area contributed by atoms with Gasteiger partial charge in [-0.05, 0) is 29.7 Å². The van der Waals surface area contributed by atoms with E-state index < -0.39 is 0 Å². The Bertz CT molecular complexity index is 991.